The highest BCUT2D eigenvalue weighted by atomic mass is 16.3. The Kier molecular flexibility index (Phi) is 6.62. The molecule has 0 radical (unpaired) electrons. The number of hydrogen-bond acceptors (Lipinski definition) is 8. The van der Waals surface area contributed by atoms with Crippen LogP contribution < -0.4 is 10.6 Å². The van der Waals surface area contributed by atoms with Crippen molar-refractivity contribution in [3.8, 4) is 5.75 Å². The fraction of sp³-hybridized carbons (Fsp3) is 0.438. The number of ketones is 1. The molecule has 5 N–H and O–H groups in total. The number of allylic oxidation sites excluding steroid dienone is 2. The minimum Gasteiger partial charge on any atom is -0.512 e. The zero-order chi connectivity index (χ0) is 29.3. The van der Waals surface area contributed by atoms with E-state index in [2.05, 4.69) is 17.0 Å². The van der Waals surface area contributed by atoms with Crippen molar-refractivity contribution in [1.29, 1.82) is 0 Å². The number of benzene rings is 2. The average Bonchev–Trinajstić information content (AvgIpc) is 3.31. The van der Waals surface area contributed by atoms with Gasteiger partial charge in [-0.15, -0.1) is 0 Å². The Morgan fingerprint density at radius 1 is 1.02 bits per heavy atom. The van der Waals surface area contributed by atoms with E-state index in [1.54, 1.807) is 0 Å². The fourth-order valence-electron chi connectivity index (χ4n) is 7.73. The van der Waals surface area contributed by atoms with Crippen molar-refractivity contribution in [2.75, 3.05) is 33.1 Å². The molecule has 1 heterocycles. The number of phenols is 1. The van der Waals surface area contributed by atoms with Crippen LogP contribution in [0.1, 0.15) is 45.5 Å². The first kappa shape index (κ1) is 27.4. The van der Waals surface area contributed by atoms with Gasteiger partial charge in [-0.3, -0.25) is 19.4 Å². The highest BCUT2D eigenvalue weighted by Gasteiger charge is 2.51. The van der Waals surface area contributed by atoms with Gasteiger partial charge in [0.25, 0.3) is 0 Å². The number of nitrogens with two attached hydrogens (primary N) is 1. The number of anilines is 1. The Hall–Kier alpha value is -3.82. The first-order chi connectivity index (χ1) is 19.5. The van der Waals surface area contributed by atoms with Gasteiger partial charge in [0.2, 0.25) is 5.91 Å². The molecule has 0 aromatic heterocycles. The van der Waals surface area contributed by atoms with E-state index in [4.69, 9.17) is 5.73 Å². The number of hydrogen-bond donors (Lipinski definition) is 4. The first-order valence-electron chi connectivity index (χ1n) is 14.2. The van der Waals surface area contributed by atoms with Gasteiger partial charge in [-0.25, -0.2) is 0 Å². The maximum Gasteiger partial charge on any atom is 0.248 e. The van der Waals surface area contributed by atoms with Crippen LogP contribution in [0.2, 0.25) is 0 Å². The normalized spacial score (nSPS) is 25.6. The number of aromatic hydroxyl groups is 1. The summed E-state index contributed by atoms with van der Waals surface area (Å²) in [6.07, 6.45) is 1.10. The minimum atomic E-state index is -0.727. The van der Waals surface area contributed by atoms with Crippen molar-refractivity contribution < 1.29 is 24.9 Å². The number of Topliss-reactive ketones (excluding diaryl/α,β-unsaturated/α-hetero) is 1. The fourth-order valence-corrected chi connectivity index (χ4v) is 7.73. The molecule has 4 atom stereocenters. The van der Waals surface area contributed by atoms with Crippen LogP contribution in [0.5, 0.6) is 5.75 Å². The van der Waals surface area contributed by atoms with Crippen LogP contribution in [0.4, 0.5) is 5.69 Å². The largest absolute Gasteiger partial charge is 0.512 e. The zero-order valence-corrected chi connectivity index (χ0v) is 24.0. The summed E-state index contributed by atoms with van der Waals surface area (Å²) in [6.45, 7) is 2.02. The lowest BCUT2D eigenvalue weighted by atomic mass is 9.61. The summed E-state index contributed by atoms with van der Waals surface area (Å²) in [5, 5.41) is 34.2. The predicted molar refractivity (Wildman–Crippen MR) is 156 cm³/mol. The highest BCUT2D eigenvalue weighted by molar-refractivity contribution is 6.14. The lowest BCUT2D eigenvalue weighted by molar-refractivity contribution is -0.115. The minimum absolute atomic E-state index is 0.0300. The Labute approximate surface area is 240 Å². The van der Waals surface area contributed by atoms with Gasteiger partial charge in [-0.2, -0.15) is 0 Å². The molecule has 6 rings (SSSR count). The van der Waals surface area contributed by atoms with Crippen molar-refractivity contribution in [2.45, 2.75) is 44.9 Å². The zero-order valence-electron chi connectivity index (χ0n) is 24.0. The molecule has 0 spiro atoms. The summed E-state index contributed by atoms with van der Waals surface area (Å²) < 4.78 is 0. The maximum atomic E-state index is 14.2. The standard InChI is InChI=1S/C32H38N4O5/c1-34(2)24-11-19(15-36-13-16-7-5-6-8-17(16)14-36)28(37)26-22(24)10-18-9-20-21(29(38)25(18)31(26)40)12-23(32(33)41)30(39)27(20)35(3)4/h5-8,11,18,20-21,27,37-39H,9-10,12-15H2,1-4H3,(H2,33,41)/t18?,20?,21?,27-/m0/s1. The van der Waals surface area contributed by atoms with Gasteiger partial charge in [0, 0.05) is 56.5 Å². The molecule has 0 bridgehead atoms. The second kappa shape index (κ2) is 9.92. The first-order valence-corrected chi connectivity index (χ1v) is 14.2. The molecular formula is C32H38N4O5. The third-order valence-corrected chi connectivity index (χ3v) is 9.55. The number of aliphatic hydroxyl groups is 2. The van der Waals surface area contributed by atoms with Gasteiger partial charge < -0.3 is 26.0 Å². The number of amides is 1. The number of phenolic OH excluding ortho intramolecular Hbond substituents is 1. The molecule has 3 unspecified atom stereocenters. The van der Waals surface area contributed by atoms with Crippen LogP contribution >= 0.6 is 0 Å². The SMILES string of the molecule is CN(C)c1cc(CN2Cc3ccccc3C2)c(O)c2c1CC1CC3C(CC(C(N)=O)=C(O)[C@H]3N(C)C)C(O)=C1C2=O. The van der Waals surface area contributed by atoms with Crippen LogP contribution in [0.25, 0.3) is 0 Å². The molecule has 1 amide bonds. The smallest absolute Gasteiger partial charge is 0.248 e. The maximum absolute atomic E-state index is 14.2. The van der Waals surface area contributed by atoms with Gasteiger partial charge in [0.05, 0.1) is 17.2 Å². The number of likely N-dealkylation sites (N-methyl/N-ethyl adjacent to an activating group) is 1. The highest BCUT2D eigenvalue weighted by Crippen LogP contribution is 2.52. The van der Waals surface area contributed by atoms with Gasteiger partial charge in [0.1, 0.15) is 17.3 Å². The second-order valence-electron chi connectivity index (χ2n) is 12.4. The molecule has 41 heavy (non-hydrogen) atoms. The molecular weight excluding hydrogens is 520 g/mol. The van der Waals surface area contributed by atoms with Gasteiger partial charge in [-0.05, 0) is 68.0 Å². The van der Waals surface area contributed by atoms with Crippen LogP contribution in [0, 0.1) is 17.8 Å². The molecule has 9 nitrogen and oxygen atoms in total. The van der Waals surface area contributed by atoms with E-state index in [-0.39, 0.29) is 52.4 Å². The molecule has 0 saturated carbocycles. The van der Waals surface area contributed by atoms with Crippen molar-refractivity contribution >= 4 is 17.4 Å². The summed E-state index contributed by atoms with van der Waals surface area (Å²) in [5.41, 5.74) is 11.1. The summed E-state index contributed by atoms with van der Waals surface area (Å²) in [6, 6.07) is 9.78. The number of rotatable bonds is 5. The van der Waals surface area contributed by atoms with Crippen molar-refractivity contribution in [2.24, 2.45) is 23.5 Å². The van der Waals surface area contributed by atoms with E-state index >= 15 is 0 Å². The third-order valence-electron chi connectivity index (χ3n) is 9.55. The van der Waals surface area contributed by atoms with Gasteiger partial charge >= 0.3 is 0 Å². The monoisotopic (exact) mass is 558 g/mol. The van der Waals surface area contributed by atoms with Gasteiger partial charge in [-0.1, -0.05) is 24.3 Å². The van der Waals surface area contributed by atoms with Crippen LogP contribution in [0.15, 0.2) is 53.0 Å². The molecule has 0 fully saturated rings. The van der Waals surface area contributed by atoms with E-state index < -0.39 is 17.9 Å². The average molecular weight is 559 g/mol. The lowest BCUT2D eigenvalue weighted by Gasteiger charge is -2.47. The summed E-state index contributed by atoms with van der Waals surface area (Å²) >= 11 is 0. The van der Waals surface area contributed by atoms with Crippen LogP contribution in [-0.2, 0) is 30.8 Å². The van der Waals surface area contributed by atoms with E-state index in [1.165, 1.54) is 11.1 Å². The summed E-state index contributed by atoms with van der Waals surface area (Å²) in [5.74, 6) is -2.23. The molecule has 2 aromatic rings. The predicted octanol–water partition coefficient (Wildman–Crippen LogP) is 3.41. The number of carbonyl (C=O) groups is 2. The molecule has 2 aromatic carbocycles. The van der Waals surface area contributed by atoms with Crippen molar-refractivity contribution in [3.63, 3.8) is 0 Å². The number of nitrogens with zero attached hydrogens (tertiary/aromatic N) is 3. The molecule has 216 valence electrons. The molecule has 3 aliphatic carbocycles. The quantitative estimate of drug-likeness (QED) is 0.439. The molecule has 9 heteroatoms. The van der Waals surface area contributed by atoms with E-state index in [9.17, 15) is 24.9 Å². The van der Waals surface area contributed by atoms with Crippen molar-refractivity contribution in [1.82, 2.24) is 9.80 Å². The van der Waals surface area contributed by atoms with Gasteiger partial charge in [0.15, 0.2) is 5.78 Å². The Morgan fingerprint density at radius 2 is 1.68 bits per heavy atom. The Bertz CT molecular complexity index is 1500. The van der Waals surface area contributed by atoms with E-state index in [0.717, 1.165) is 24.3 Å². The number of fused-ring (bicyclic) bond motifs is 4. The van der Waals surface area contributed by atoms with E-state index in [0.29, 0.717) is 30.5 Å². The molecule has 1 aliphatic heterocycles. The third kappa shape index (κ3) is 4.30. The molecule has 0 saturated heterocycles. The molecule has 4 aliphatic rings. The Morgan fingerprint density at radius 3 is 2.27 bits per heavy atom. The Balaban J connectivity index is 1.41. The second-order valence-corrected chi connectivity index (χ2v) is 12.4. The lowest BCUT2D eigenvalue weighted by Crippen LogP contribution is -2.49. The summed E-state index contributed by atoms with van der Waals surface area (Å²) in [7, 11) is 7.51. The summed E-state index contributed by atoms with van der Waals surface area (Å²) in [4.78, 5) is 32.5. The van der Waals surface area contributed by atoms with E-state index in [1.807, 2.05) is 56.2 Å². The van der Waals surface area contributed by atoms with Crippen LogP contribution in [-0.4, -0.2) is 71.0 Å². The van der Waals surface area contributed by atoms with Crippen LogP contribution in [0.3, 0.4) is 0 Å². The number of carbonyl (C=O) groups excluding carboxylic acids is 2. The number of primary amides is 1. The van der Waals surface area contributed by atoms with Crippen molar-refractivity contribution in [3.05, 3.63) is 80.8 Å². The number of aliphatic hydroxyl groups excluding tert-OH is 2. The topological polar surface area (TPSA) is 131 Å².